The molecule has 0 bridgehead atoms. The summed E-state index contributed by atoms with van der Waals surface area (Å²) < 4.78 is 35.4. The molecule has 0 spiro atoms. The molecule has 204 valence electrons. The zero-order valence-electron chi connectivity index (χ0n) is 22.4. The maximum absolute atomic E-state index is 12.8. The van der Waals surface area contributed by atoms with E-state index in [1.54, 1.807) is 21.3 Å². The fourth-order valence-corrected chi connectivity index (χ4v) is 8.89. The van der Waals surface area contributed by atoms with Gasteiger partial charge in [0, 0.05) is 72.0 Å². The Morgan fingerprint density at radius 3 is 2.00 bits per heavy atom. The van der Waals surface area contributed by atoms with Crippen molar-refractivity contribution >= 4 is 35.4 Å². The number of hydrogen-bond acceptors (Lipinski definition) is 10. The Balaban J connectivity index is 2.67. The SMILES string of the molecule is CCCc1nc(SCCC[Si](OCC)(OCC)OCC)nn1C(=O)NCCC[Si](OC)(OC)OC. The monoisotopic (exact) mass is 552 g/mol. The Kier molecular flexibility index (Phi) is 16.2. The highest BCUT2D eigenvalue weighted by Crippen LogP contribution is 2.22. The summed E-state index contributed by atoms with van der Waals surface area (Å²) in [5.41, 5.74) is 0. The molecule has 1 aromatic heterocycles. The van der Waals surface area contributed by atoms with E-state index in [1.165, 1.54) is 16.4 Å². The van der Waals surface area contributed by atoms with Crippen LogP contribution in [0, 0.1) is 0 Å². The van der Waals surface area contributed by atoms with Crippen molar-refractivity contribution in [1.82, 2.24) is 20.1 Å². The van der Waals surface area contributed by atoms with Crippen LogP contribution < -0.4 is 5.32 Å². The highest BCUT2D eigenvalue weighted by Gasteiger charge is 2.39. The lowest BCUT2D eigenvalue weighted by molar-refractivity contribution is 0.0712. The van der Waals surface area contributed by atoms with Crippen LogP contribution in [0.15, 0.2) is 5.16 Å². The highest BCUT2D eigenvalue weighted by atomic mass is 32.2. The van der Waals surface area contributed by atoms with Gasteiger partial charge in [-0.25, -0.2) is 9.78 Å². The molecule has 1 rings (SSSR count). The summed E-state index contributed by atoms with van der Waals surface area (Å²) in [5.74, 6) is 1.43. The van der Waals surface area contributed by atoms with Gasteiger partial charge in [-0.15, -0.1) is 5.10 Å². The molecule has 1 aromatic rings. The molecule has 0 atom stereocenters. The van der Waals surface area contributed by atoms with Crippen LogP contribution in [0.5, 0.6) is 0 Å². The number of aromatic nitrogens is 3. The maximum atomic E-state index is 12.8. The van der Waals surface area contributed by atoms with E-state index in [-0.39, 0.29) is 6.03 Å². The highest BCUT2D eigenvalue weighted by molar-refractivity contribution is 7.99. The number of carbonyl (C=O) groups is 1. The van der Waals surface area contributed by atoms with E-state index in [2.05, 4.69) is 15.4 Å². The molecule has 0 radical (unpaired) electrons. The number of nitrogens with zero attached hydrogens (tertiary/aromatic N) is 3. The minimum Gasteiger partial charge on any atom is -0.377 e. The van der Waals surface area contributed by atoms with Gasteiger partial charge in [0.25, 0.3) is 0 Å². The summed E-state index contributed by atoms with van der Waals surface area (Å²) in [6, 6.07) is 1.05. The first-order valence-electron chi connectivity index (χ1n) is 12.3. The number of thioether (sulfide) groups is 1. The second-order valence-corrected chi connectivity index (χ2v) is 14.4. The normalized spacial score (nSPS) is 12.3. The Morgan fingerprint density at radius 1 is 0.914 bits per heavy atom. The zero-order chi connectivity index (χ0) is 26.2. The van der Waals surface area contributed by atoms with Gasteiger partial charge in [-0.1, -0.05) is 18.7 Å². The molecule has 35 heavy (non-hydrogen) atoms. The van der Waals surface area contributed by atoms with Crippen LogP contribution in [0.4, 0.5) is 4.79 Å². The summed E-state index contributed by atoms with van der Waals surface area (Å²) in [6.45, 7) is 10.1. The van der Waals surface area contributed by atoms with Crippen LogP contribution in [0.1, 0.15) is 52.8 Å². The smallest absolute Gasteiger partial charge is 0.377 e. The molecule has 0 aromatic carbocycles. The number of amides is 1. The van der Waals surface area contributed by atoms with Gasteiger partial charge in [-0.2, -0.15) is 4.68 Å². The van der Waals surface area contributed by atoms with Crippen molar-refractivity contribution in [1.29, 1.82) is 0 Å². The molecule has 0 aliphatic rings. The molecule has 0 aliphatic carbocycles. The average molecular weight is 553 g/mol. The largest absolute Gasteiger partial charge is 0.500 e. The van der Waals surface area contributed by atoms with Crippen LogP contribution in [0.2, 0.25) is 12.1 Å². The van der Waals surface area contributed by atoms with Gasteiger partial charge < -0.3 is 31.9 Å². The maximum Gasteiger partial charge on any atom is 0.500 e. The molecule has 1 amide bonds. The molecule has 11 nitrogen and oxygen atoms in total. The van der Waals surface area contributed by atoms with Crippen molar-refractivity contribution in [2.24, 2.45) is 0 Å². The molecular formula is C21H44N4O7SSi2. The molecule has 1 N–H and O–H groups in total. The van der Waals surface area contributed by atoms with Gasteiger partial charge in [0.1, 0.15) is 5.82 Å². The van der Waals surface area contributed by atoms with Crippen molar-refractivity contribution in [3.05, 3.63) is 5.82 Å². The summed E-state index contributed by atoms with van der Waals surface area (Å²) in [4.78, 5) is 17.4. The van der Waals surface area contributed by atoms with Gasteiger partial charge in [0.15, 0.2) is 0 Å². The first-order valence-corrected chi connectivity index (χ1v) is 17.2. The van der Waals surface area contributed by atoms with E-state index >= 15 is 0 Å². The lowest BCUT2D eigenvalue weighted by Crippen LogP contribution is -2.46. The molecular weight excluding hydrogens is 508 g/mol. The Morgan fingerprint density at radius 2 is 1.49 bits per heavy atom. The molecule has 0 fully saturated rings. The predicted octanol–water partition coefficient (Wildman–Crippen LogP) is 3.59. The number of nitrogens with one attached hydrogen (secondary N) is 1. The van der Waals surface area contributed by atoms with Crippen molar-refractivity contribution < 1.29 is 31.4 Å². The van der Waals surface area contributed by atoms with Gasteiger partial charge in [0.2, 0.25) is 5.16 Å². The predicted molar refractivity (Wildman–Crippen MR) is 140 cm³/mol. The Labute approximate surface area is 216 Å². The van der Waals surface area contributed by atoms with E-state index in [4.69, 9.17) is 26.6 Å². The van der Waals surface area contributed by atoms with E-state index in [0.717, 1.165) is 24.6 Å². The lowest BCUT2D eigenvalue weighted by atomic mass is 10.3. The van der Waals surface area contributed by atoms with Gasteiger partial charge in [-0.3, -0.25) is 0 Å². The van der Waals surface area contributed by atoms with Gasteiger partial charge >= 0.3 is 23.6 Å². The van der Waals surface area contributed by atoms with Crippen LogP contribution in [-0.2, 0) is 33.0 Å². The number of hydrogen-bond donors (Lipinski definition) is 1. The molecule has 0 saturated carbocycles. The third-order valence-corrected chi connectivity index (χ3v) is 12.0. The zero-order valence-corrected chi connectivity index (χ0v) is 25.2. The second-order valence-electron chi connectivity index (χ2n) is 7.54. The van der Waals surface area contributed by atoms with Crippen molar-refractivity contribution in [3.63, 3.8) is 0 Å². The van der Waals surface area contributed by atoms with Crippen molar-refractivity contribution in [2.45, 2.75) is 70.6 Å². The fourth-order valence-electron chi connectivity index (χ4n) is 3.52. The topological polar surface area (TPSA) is 115 Å². The third kappa shape index (κ3) is 10.6. The standard InChI is InChI=1S/C21H44N4O7SSi2/c1-8-14-19-23-20(33-16-13-18-35(30-9-2,31-10-3)32-11-4)24-25(19)21(26)22-15-12-17-34(27-5,28-6)29-7/h8-18H2,1-7H3,(H,22,26). The quantitative estimate of drug-likeness (QED) is 0.146. The minimum atomic E-state index is -2.66. The number of carbonyl (C=O) groups excluding carboxylic acids is 1. The number of aryl methyl sites for hydroxylation is 1. The van der Waals surface area contributed by atoms with E-state index < -0.39 is 17.6 Å². The first kappa shape index (κ1) is 32.2. The molecule has 0 unspecified atom stereocenters. The lowest BCUT2D eigenvalue weighted by Gasteiger charge is -2.28. The van der Waals surface area contributed by atoms with E-state index in [0.29, 0.717) is 56.2 Å². The summed E-state index contributed by atoms with van der Waals surface area (Å²) >= 11 is 1.52. The molecule has 0 aliphatic heterocycles. The summed E-state index contributed by atoms with van der Waals surface area (Å²) in [6.07, 6.45) is 3.04. The van der Waals surface area contributed by atoms with Crippen LogP contribution in [0.3, 0.4) is 0 Å². The van der Waals surface area contributed by atoms with Crippen LogP contribution in [0.25, 0.3) is 0 Å². The second kappa shape index (κ2) is 17.6. The van der Waals surface area contributed by atoms with Gasteiger partial charge in [-0.05, 0) is 40.0 Å². The van der Waals surface area contributed by atoms with Crippen LogP contribution >= 0.6 is 11.8 Å². The third-order valence-electron chi connectivity index (χ3n) is 5.14. The van der Waals surface area contributed by atoms with Crippen LogP contribution in [-0.4, -0.2) is 91.9 Å². The summed E-state index contributed by atoms with van der Waals surface area (Å²) in [5, 5.41) is 7.95. The van der Waals surface area contributed by atoms with E-state index in [9.17, 15) is 4.79 Å². The molecule has 1 heterocycles. The summed E-state index contributed by atoms with van der Waals surface area (Å²) in [7, 11) is -0.570. The first-order chi connectivity index (χ1) is 16.9. The molecule has 0 saturated heterocycles. The Hall–Kier alpha value is -0.846. The Bertz CT molecular complexity index is 701. The number of rotatable bonds is 20. The molecule has 14 heteroatoms. The van der Waals surface area contributed by atoms with Crippen molar-refractivity contribution in [2.75, 3.05) is 53.4 Å². The minimum absolute atomic E-state index is 0.289. The van der Waals surface area contributed by atoms with Crippen molar-refractivity contribution in [3.8, 4) is 0 Å². The fraction of sp³-hybridized carbons (Fsp3) is 0.857. The van der Waals surface area contributed by atoms with Gasteiger partial charge in [0.05, 0.1) is 0 Å². The van der Waals surface area contributed by atoms with E-state index in [1.807, 2.05) is 27.7 Å². The average Bonchev–Trinajstić information content (AvgIpc) is 3.26.